The second-order valence-corrected chi connectivity index (χ2v) is 27.9. The van der Waals surface area contributed by atoms with Crippen LogP contribution in [-0.4, -0.2) is 22.2 Å². The van der Waals surface area contributed by atoms with Gasteiger partial charge in [-0.05, 0) is 123 Å². The topological polar surface area (TPSA) is 35.9 Å². The maximum Gasteiger partial charge on any atom is 0.268 e. The predicted molar refractivity (Wildman–Crippen MR) is 387 cm³/mol. The predicted octanol–water partition coefficient (Wildman–Crippen LogP) is 18.5. The van der Waals surface area contributed by atoms with E-state index in [2.05, 4.69) is 72.1 Å². The van der Waals surface area contributed by atoms with Crippen LogP contribution in [0.1, 0.15) is 95.2 Å². The Bertz CT molecular complexity index is 6570. The number of ether oxygens (including phenoxy) is 1. The van der Waals surface area contributed by atoms with Crippen LogP contribution in [0.15, 0.2) is 297 Å². The third-order valence-corrected chi connectivity index (χ3v) is 20.6. The van der Waals surface area contributed by atoms with Gasteiger partial charge in [-0.2, -0.15) is 18.2 Å². The van der Waals surface area contributed by atoms with Crippen LogP contribution in [0.25, 0.3) is 94.5 Å². The number of aromatic nitrogens is 4. The van der Waals surface area contributed by atoms with Gasteiger partial charge in [-0.3, -0.25) is 4.57 Å². The van der Waals surface area contributed by atoms with E-state index in [0.29, 0.717) is 33.0 Å². The van der Waals surface area contributed by atoms with Crippen LogP contribution in [0.5, 0.6) is 11.5 Å². The number of hydrogen-bond donors (Lipinski definition) is 0. The summed E-state index contributed by atoms with van der Waals surface area (Å²) in [4.78, 5) is 4.72. The molecule has 0 aliphatic heterocycles. The number of fused-ring (bicyclic) bond motifs is 4. The molecule has 0 fully saturated rings. The standard InChI is InChI=1S/C87H70N4OSi.Pt/c1-60-51-84(88-58-79(60)61-27-12-8-13-28-61)91-80-46-21-20-43-77(80)78-49-48-70(57-82(78)91)92-69-35-25-34-68(56-69)89-59-90(85-75(64-30-22-32-66(52-64)86(2,3)4)44-26-45-76(85)65-31-23-33-67(53-65)87(5,6)7)81-50-47-63(55-83(81)89)62-29-24-42-74(54-62)93(71-36-14-9-15-37-71,72-38-16-10-17-39-72)73-40-18-11-19-41-73;/h8-55,58H,1-7H3;/q-2;/i1D3,8D,9D,10D,11D,12D,13D,14D,15D,16D,17D,18D,19D,24D,27D,28D,29D,36D,37D,38D,39D,40D,41D,42D,54D;. The number of rotatable bonds is 13. The zero-order valence-electron chi connectivity index (χ0n) is 78.4. The van der Waals surface area contributed by atoms with Crippen LogP contribution in [0, 0.1) is 25.3 Å². The number of aryl methyl sites for hydroxylation is 1. The molecule has 0 N–H and O–H groups in total. The average Bonchev–Trinajstić information content (AvgIpc) is 1.15. The summed E-state index contributed by atoms with van der Waals surface area (Å²) in [5.41, 5.74) is 5.28. The van der Waals surface area contributed by atoms with E-state index in [-0.39, 0.29) is 82.7 Å². The van der Waals surface area contributed by atoms with Crippen molar-refractivity contribution in [2.75, 3.05) is 0 Å². The Morgan fingerprint density at radius 1 is 0.479 bits per heavy atom. The fourth-order valence-corrected chi connectivity index (χ4v) is 15.5. The van der Waals surface area contributed by atoms with E-state index in [9.17, 15) is 21.9 Å². The zero-order valence-corrected chi connectivity index (χ0v) is 54.7. The van der Waals surface area contributed by atoms with Gasteiger partial charge in [-0.1, -0.05) is 289 Å². The molecule has 7 heteroatoms. The van der Waals surface area contributed by atoms with Crippen molar-refractivity contribution in [2.45, 2.75) is 59.2 Å². The van der Waals surface area contributed by atoms with Crippen molar-refractivity contribution >= 4 is 61.7 Å². The van der Waals surface area contributed by atoms with E-state index in [0.717, 1.165) is 33.4 Å². The molecule has 0 aliphatic carbocycles. The van der Waals surface area contributed by atoms with Gasteiger partial charge < -0.3 is 13.9 Å². The Hall–Kier alpha value is -10.2. The Kier molecular flexibility index (Phi) is 9.96. The summed E-state index contributed by atoms with van der Waals surface area (Å²) in [6, 6.07) is 27.0. The van der Waals surface area contributed by atoms with Crippen molar-refractivity contribution in [3.63, 3.8) is 0 Å². The van der Waals surface area contributed by atoms with Crippen molar-refractivity contribution in [2.24, 2.45) is 0 Å². The fraction of sp³-hybridized carbons (Fsp3) is 0.103. The molecular formula is C87H70N4OPtSi-2. The summed E-state index contributed by atoms with van der Waals surface area (Å²) in [6.45, 7) is 9.72. The van der Waals surface area contributed by atoms with Crippen LogP contribution >= 0.6 is 0 Å². The van der Waals surface area contributed by atoms with E-state index >= 15 is 0 Å². The average molecular weight is 1440 g/mol. The van der Waals surface area contributed by atoms with Gasteiger partial charge in [-0.15, -0.1) is 29.7 Å². The summed E-state index contributed by atoms with van der Waals surface area (Å²) in [7, 11) is -6.28. The number of nitrogens with zero attached hydrogens (tertiary/aromatic N) is 4. The molecule has 0 saturated carbocycles. The molecule has 5 nitrogen and oxygen atoms in total. The number of para-hydroxylation sites is 2. The second-order valence-electron chi connectivity index (χ2n) is 24.4. The third kappa shape index (κ3) is 11.2. The number of benzene rings is 12. The molecule has 460 valence electrons. The van der Waals surface area contributed by atoms with Crippen molar-refractivity contribution in [1.82, 2.24) is 14.1 Å². The van der Waals surface area contributed by atoms with Gasteiger partial charge >= 0.3 is 0 Å². The van der Waals surface area contributed by atoms with Gasteiger partial charge in [0.1, 0.15) is 5.82 Å². The number of hydrogen-bond acceptors (Lipinski definition) is 2. The van der Waals surface area contributed by atoms with Gasteiger partial charge in [-0.25, -0.2) is 4.98 Å². The Balaban J connectivity index is 0.0000120. The Morgan fingerprint density at radius 2 is 1.05 bits per heavy atom. The monoisotopic (exact) mass is 1440 g/mol. The first-order chi connectivity index (χ1) is 56.4. The van der Waals surface area contributed by atoms with Gasteiger partial charge in [0.2, 0.25) is 0 Å². The minimum Gasteiger partial charge on any atom is -0.510 e. The van der Waals surface area contributed by atoms with Gasteiger partial charge in [0.25, 0.3) is 6.33 Å². The molecule has 15 aromatic rings. The van der Waals surface area contributed by atoms with Crippen LogP contribution < -0.4 is 30.1 Å². The summed E-state index contributed by atoms with van der Waals surface area (Å²) in [6.07, 6.45) is 4.83. The van der Waals surface area contributed by atoms with E-state index in [1.807, 2.05) is 71.3 Å². The van der Waals surface area contributed by atoms with Gasteiger partial charge in [0, 0.05) is 54.0 Å². The van der Waals surface area contributed by atoms with E-state index in [1.54, 1.807) is 57.7 Å². The minimum absolute atomic E-state index is 0. The molecule has 0 spiro atoms. The maximum atomic E-state index is 10.8. The molecule has 15 rings (SSSR count). The SMILES string of the molecule is [2H]c1c([2H])c([2H])c(-c2cnc(-n3c4[c-]c(Oc5[c-]c(-n6[c-][n+](-c7c(-c8cccc(C(C)(C)C)c8)cccc7-c7cccc(C(C)(C)C)c7)c7ccc(-c8c([2H])c([2H])c([2H])c([Si](c9c([2H])c([2H])c([2H])c([2H])c9[2H])(c9c([2H])c([2H])c([2H])c([2H])c9[2H])c9c([2H])c([2H])c([2H])c([2H])c9[2H])c8[2H])cc76)ccc5)ccc4c4ccccc43)cc2C([2H])([2H])[2H])c([2H])c1[2H].[Pt]. The summed E-state index contributed by atoms with van der Waals surface area (Å²) < 4.78 is 262. The van der Waals surface area contributed by atoms with Crippen LogP contribution in [0.3, 0.4) is 0 Å². The molecule has 0 radical (unpaired) electrons. The smallest absolute Gasteiger partial charge is 0.268 e. The molecule has 0 amide bonds. The second kappa shape index (κ2) is 25.0. The van der Waals surface area contributed by atoms with Gasteiger partial charge in [0.15, 0.2) is 8.07 Å². The number of imidazole rings is 1. The third-order valence-electron chi connectivity index (χ3n) is 16.6. The molecule has 0 atom stereocenters. The van der Waals surface area contributed by atoms with Crippen LogP contribution in [-0.2, 0) is 31.9 Å². The van der Waals surface area contributed by atoms with Crippen molar-refractivity contribution in [1.29, 1.82) is 0 Å². The molecule has 0 aliphatic rings. The molecule has 94 heavy (non-hydrogen) atoms. The first-order valence-corrected chi connectivity index (χ1v) is 31.9. The molecule has 3 heterocycles. The molecule has 0 unspecified atom stereocenters. The van der Waals surface area contributed by atoms with Crippen molar-refractivity contribution in [3.8, 4) is 73.2 Å². The molecule has 3 aromatic heterocycles. The Morgan fingerprint density at radius 3 is 1.68 bits per heavy atom. The molecule has 0 saturated heterocycles. The van der Waals surface area contributed by atoms with E-state index in [1.165, 1.54) is 24.4 Å². The zero-order chi connectivity index (χ0) is 86.8. The minimum atomic E-state index is -6.28. The molecule has 0 bridgehead atoms. The van der Waals surface area contributed by atoms with Crippen molar-refractivity contribution in [3.05, 3.63) is 332 Å². The van der Waals surface area contributed by atoms with Crippen LogP contribution in [0.2, 0.25) is 0 Å². The Labute approximate surface area is 605 Å². The van der Waals surface area contributed by atoms with Crippen molar-refractivity contribution < 1.29 is 67.4 Å². The first kappa shape index (κ1) is 37.5. The van der Waals surface area contributed by atoms with E-state index in [4.69, 9.17) is 24.8 Å². The normalized spacial score (nSPS) is 16.1. The summed E-state index contributed by atoms with van der Waals surface area (Å²) in [5, 5.41) is -2.58. The first-order valence-electron chi connectivity index (χ1n) is 43.4. The summed E-state index contributed by atoms with van der Waals surface area (Å²) >= 11 is 0. The molecular weight excluding hydrogens is 1340 g/mol. The quantitative estimate of drug-likeness (QED) is 0.0499. The van der Waals surface area contributed by atoms with Crippen LogP contribution in [0.4, 0.5) is 0 Å². The van der Waals surface area contributed by atoms with E-state index < -0.39 is 186 Å². The fourth-order valence-electron chi connectivity index (χ4n) is 12.0. The summed E-state index contributed by atoms with van der Waals surface area (Å²) in [5.74, 6) is 0.264. The largest absolute Gasteiger partial charge is 0.510 e. The number of pyridine rings is 1. The maximum absolute atomic E-state index is 10.8. The van der Waals surface area contributed by atoms with Gasteiger partial charge in [0.05, 0.1) is 49.6 Å². The molecule has 12 aromatic carbocycles.